The van der Waals surface area contributed by atoms with Crippen LogP contribution in [-0.2, 0) is 39.2 Å². The molecule has 15 nitrogen and oxygen atoms in total. The van der Waals surface area contributed by atoms with Crippen LogP contribution in [0.5, 0.6) is 0 Å². The van der Waals surface area contributed by atoms with E-state index in [4.69, 9.17) is 24.3 Å². The van der Waals surface area contributed by atoms with Crippen LogP contribution in [0.25, 0.3) is 11.2 Å². The highest BCUT2D eigenvalue weighted by Gasteiger charge is 2.26. The maximum Gasteiger partial charge on any atom is 0.472 e. The Morgan fingerprint density at radius 2 is 1.22 bits per heavy atom. The number of nitrogens with one attached hydrogen (secondary N) is 3. The van der Waals surface area contributed by atoms with Crippen LogP contribution >= 0.6 is 7.82 Å². The van der Waals surface area contributed by atoms with Gasteiger partial charge >= 0.3 is 19.8 Å². The first kappa shape index (κ1) is 61.0. The molecule has 2 aromatic heterocycles. The second-order valence-electron chi connectivity index (χ2n) is 17.7. The molecule has 0 amide bonds. The smallest absolute Gasteiger partial charge is 0.462 e. The predicted molar refractivity (Wildman–Crippen MR) is 279 cm³/mol. The van der Waals surface area contributed by atoms with Crippen molar-refractivity contribution in [3.05, 3.63) is 76.9 Å². The Hall–Kier alpha value is -4.14. The number of fused-ring (bicyclic) bond motifs is 1. The van der Waals surface area contributed by atoms with E-state index in [1.807, 2.05) is 30.3 Å². The van der Waals surface area contributed by atoms with E-state index in [2.05, 4.69) is 63.4 Å². The molecule has 0 bridgehead atoms. The van der Waals surface area contributed by atoms with E-state index < -0.39 is 32.5 Å². The van der Waals surface area contributed by atoms with Gasteiger partial charge < -0.3 is 30.4 Å². The van der Waals surface area contributed by atoms with Gasteiger partial charge in [-0.05, 0) is 69.8 Å². The van der Waals surface area contributed by atoms with Gasteiger partial charge in [-0.2, -0.15) is 4.98 Å². The van der Waals surface area contributed by atoms with Crippen LogP contribution in [0.4, 0.5) is 5.95 Å². The van der Waals surface area contributed by atoms with Gasteiger partial charge in [-0.1, -0.05) is 171 Å². The molecule has 3 aromatic rings. The molecule has 2 heterocycles. The first-order valence-corrected chi connectivity index (χ1v) is 27.8. The van der Waals surface area contributed by atoms with Gasteiger partial charge in [-0.25, -0.2) is 9.55 Å². The summed E-state index contributed by atoms with van der Waals surface area (Å²) in [6.45, 7) is 4.30. The summed E-state index contributed by atoms with van der Waals surface area (Å²) in [6.07, 6.45) is 40.6. The number of imidazole rings is 1. The third-order valence-electron chi connectivity index (χ3n) is 11.4. The first-order chi connectivity index (χ1) is 33.7. The van der Waals surface area contributed by atoms with E-state index in [-0.39, 0.29) is 38.2 Å². The minimum Gasteiger partial charge on any atom is -0.462 e. The lowest BCUT2D eigenvalue weighted by Crippen LogP contribution is -2.29. The number of benzene rings is 1. The number of unbranched alkanes of at least 4 members (excludes halogenated alkanes) is 22. The average molecular weight is 985 g/mol. The highest BCUT2D eigenvalue weighted by Crippen LogP contribution is 2.43. The minimum absolute atomic E-state index is 0.0518. The Labute approximate surface area is 413 Å². The summed E-state index contributed by atoms with van der Waals surface area (Å²) >= 11 is 0. The quantitative estimate of drug-likeness (QED) is 0.0154. The van der Waals surface area contributed by atoms with Gasteiger partial charge in [0.15, 0.2) is 17.3 Å². The minimum atomic E-state index is -4.37. The predicted octanol–water partition coefficient (Wildman–Crippen LogP) is 12.9. The monoisotopic (exact) mass is 985 g/mol. The number of carbonyl (C=O) groups is 2. The lowest BCUT2D eigenvalue weighted by molar-refractivity contribution is -0.161. The van der Waals surface area contributed by atoms with Crippen LogP contribution in [0, 0.1) is 0 Å². The van der Waals surface area contributed by atoms with Crippen LogP contribution in [0.1, 0.15) is 199 Å². The number of phosphoric ester groups is 1. The first-order valence-electron chi connectivity index (χ1n) is 26.4. The molecule has 6 N–H and O–H groups in total. The maximum atomic E-state index is 12.5. The van der Waals surface area contributed by atoms with Crippen molar-refractivity contribution >= 4 is 36.9 Å². The average Bonchev–Trinajstić information content (AvgIpc) is 3.84. The number of aromatic amines is 2. The lowest BCUT2D eigenvalue weighted by atomic mass is 10.1. The highest BCUT2D eigenvalue weighted by molar-refractivity contribution is 7.47. The topological polar surface area (TPSA) is 221 Å². The number of ether oxygens (including phenoxy) is 2. The van der Waals surface area contributed by atoms with E-state index >= 15 is 0 Å². The molecule has 2 atom stereocenters. The van der Waals surface area contributed by atoms with E-state index in [1.165, 1.54) is 96.2 Å². The summed E-state index contributed by atoms with van der Waals surface area (Å²) in [6, 6.07) is 9.88. The SMILES string of the molecule is CCCCCCCC/C=C\CCCCCCCC(=O)OCC(COP(=O)(O)OCCN)OC(=O)CCCCCCC/C=C\CCCCCCCC.O=c1[nH]c(NCc2ccccc2)nc2nc[nH]c12. The fourth-order valence-corrected chi connectivity index (χ4v) is 8.16. The van der Waals surface area contributed by atoms with Gasteiger partial charge in [-0.15, -0.1) is 0 Å². The number of nitrogens with two attached hydrogens (primary N) is 1. The van der Waals surface area contributed by atoms with Crippen LogP contribution in [0.2, 0.25) is 0 Å². The lowest BCUT2D eigenvalue weighted by Gasteiger charge is -2.19. The number of H-pyrrole nitrogens is 2. The molecule has 16 heteroatoms. The molecular formula is C53H89N6O9P. The second kappa shape index (κ2) is 41.6. The van der Waals surface area contributed by atoms with Gasteiger partial charge in [0.1, 0.15) is 6.61 Å². The van der Waals surface area contributed by atoms with Crippen molar-refractivity contribution in [3.63, 3.8) is 0 Å². The Morgan fingerprint density at radius 1 is 0.710 bits per heavy atom. The summed E-state index contributed by atoms with van der Waals surface area (Å²) in [5.41, 5.74) is 7.02. The number of esters is 2. The fraction of sp³-hybridized carbons (Fsp3) is 0.679. The number of nitrogens with zero attached hydrogens (tertiary/aromatic N) is 2. The Bertz CT molecular complexity index is 1890. The van der Waals surface area contributed by atoms with Gasteiger partial charge in [0, 0.05) is 25.9 Å². The van der Waals surface area contributed by atoms with Crippen LogP contribution in [0.3, 0.4) is 0 Å². The molecule has 1 aromatic carbocycles. The van der Waals surface area contributed by atoms with Crippen molar-refractivity contribution in [2.24, 2.45) is 5.73 Å². The second-order valence-corrected chi connectivity index (χ2v) is 19.2. The third kappa shape index (κ3) is 33.9. The Balaban J connectivity index is 0.000000740. The molecule has 69 heavy (non-hydrogen) atoms. The van der Waals surface area contributed by atoms with Crippen molar-refractivity contribution in [2.45, 2.75) is 206 Å². The molecule has 2 unspecified atom stereocenters. The zero-order valence-electron chi connectivity index (χ0n) is 42.3. The van der Waals surface area contributed by atoms with Crippen molar-refractivity contribution in [1.82, 2.24) is 19.9 Å². The molecule has 0 saturated heterocycles. The normalized spacial score (nSPS) is 12.8. The van der Waals surface area contributed by atoms with Crippen LogP contribution in [0.15, 0.2) is 65.8 Å². The number of allylic oxidation sites excluding steroid dienone is 4. The highest BCUT2D eigenvalue weighted by atomic mass is 31.2. The molecule has 0 aliphatic carbocycles. The number of carbonyl (C=O) groups excluding carboxylic acids is 2. The summed E-state index contributed by atoms with van der Waals surface area (Å²) in [4.78, 5) is 60.0. The van der Waals surface area contributed by atoms with Crippen LogP contribution < -0.4 is 16.6 Å². The maximum absolute atomic E-state index is 12.5. The van der Waals surface area contributed by atoms with Crippen molar-refractivity contribution in [3.8, 4) is 0 Å². The van der Waals surface area contributed by atoms with E-state index in [0.717, 1.165) is 76.2 Å². The van der Waals surface area contributed by atoms with Gasteiger partial charge in [-0.3, -0.25) is 28.4 Å². The van der Waals surface area contributed by atoms with Crippen molar-refractivity contribution in [2.75, 3.05) is 31.7 Å². The number of hydrogen-bond donors (Lipinski definition) is 5. The molecule has 0 aliphatic heterocycles. The molecule has 0 saturated carbocycles. The van der Waals surface area contributed by atoms with E-state index in [0.29, 0.717) is 30.1 Å². The molecule has 390 valence electrons. The van der Waals surface area contributed by atoms with Crippen molar-refractivity contribution in [1.29, 1.82) is 0 Å². The zero-order valence-corrected chi connectivity index (χ0v) is 43.2. The van der Waals surface area contributed by atoms with E-state index in [9.17, 15) is 23.8 Å². The summed E-state index contributed by atoms with van der Waals surface area (Å²) < 4.78 is 32.7. The molecule has 0 aliphatic rings. The summed E-state index contributed by atoms with van der Waals surface area (Å²) in [5, 5.41) is 3.06. The van der Waals surface area contributed by atoms with E-state index in [1.54, 1.807) is 0 Å². The number of rotatable bonds is 42. The molecule has 0 spiro atoms. The molecule has 0 fully saturated rings. The zero-order chi connectivity index (χ0) is 49.9. The van der Waals surface area contributed by atoms with Crippen LogP contribution in [-0.4, -0.2) is 69.2 Å². The number of hydrogen-bond acceptors (Lipinski definition) is 12. The van der Waals surface area contributed by atoms with Gasteiger partial charge in [0.25, 0.3) is 5.56 Å². The molecule has 3 rings (SSSR count). The van der Waals surface area contributed by atoms with Gasteiger partial charge in [0.2, 0.25) is 5.95 Å². The number of anilines is 1. The number of aromatic nitrogens is 4. The molecular weight excluding hydrogens is 896 g/mol. The molecule has 0 radical (unpaired) electrons. The Kier molecular flexibility index (Phi) is 36.8. The van der Waals surface area contributed by atoms with Gasteiger partial charge in [0.05, 0.1) is 19.5 Å². The largest absolute Gasteiger partial charge is 0.472 e. The van der Waals surface area contributed by atoms with Crippen molar-refractivity contribution < 1.29 is 37.6 Å². The fourth-order valence-electron chi connectivity index (χ4n) is 7.39. The third-order valence-corrected chi connectivity index (χ3v) is 12.4. The Morgan fingerprint density at radius 3 is 1.75 bits per heavy atom. The number of phosphoric acid groups is 1. The summed E-state index contributed by atoms with van der Waals surface area (Å²) in [7, 11) is -4.37. The standard InChI is InChI=1S/C41H78NO8P.C12H11N5O/c1-3-5-7-9-11-13-15-17-19-21-23-25-27-29-31-33-40(43)47-37-39(38-49-51(45,46)48-36-35-42)50-41(44)34-32-30-28-26-24-22-20-18-16-14-12-10-8-6-4-2;18-11-9-10(15-7-14-9)16-12(17-11)13-6-8-4-2-1-3-5-8/h17-20,39H,3-16,21-38,42H2,1-2H3,(H,45,46);1-5,7H,6H2,(H3,13,14,15,16,17,18)/b19-17-,20-18-;. The summed E-state index contributed by atoms with van der Waals surface area (Å²) in [5.74, 6) is -0.425.